The quantitative estimate of drug-likeness (QED) is 0.824. The smallest absolute Gasteiger partial charge is 0.338 e. The van der Waals surface area contributed by atoms with E-state index in [1.807, 2.05) is 19.1 Å². The summed E-state index contributed by atoms with van der Waals surface area (Å²) in [6.45, 7) is 6.41. The summed E-state index contributed by atoms with van der Waals surface area (Å²) in [5.41, 5.74) is 4.13. The normalized spacial score (nSPS) is 10.8. The molecule has 0 unspecified atom stereocenters. The van der Waals surface area contributed by atoms with Gasteiger partial charge in [0.25, 0.3) is 0 Å². The number of esters is 1. The highest BCUT2D eigenvalue weighted by molar-refractivity contribution is 5.96. The predicted octanol–water partition coefficient (Wildman–Crippen LogP) is 3.22. The summed E-state index contributed by atoms with van der Waals surface area (Å²) in [6, 6.07) is 5.64. The van der Waals surface area contributed by atoms with Gasteiger partial charge in [0.1, 0.15) is 0 Å². The third-order valence-corrected chi connectivity index (χ3v) is 3.03. The summed E-state index contributed by atoms with van der Waals surface area (Å²) >= 11 is 0. The minimum atomic E-state index is -0.256. The molecule has 1 heterocycles. The Balaban J connectivity index is 2.49. The highest BCUT2D eigenvalue weighted by Crippen LogP contribution is 2.23. The van der Waals surface area contributed by atoms with Crippen LogP contribution in [0.4, 0.5) is 0 Å². The molecule has 0 atom stereocenters. The molecule has 0 bridgehead atoms. The molecule has 0 spiro atoms. The maximum absolute atomic E-state index is 11.6. The van der Waals surface area contributed by atoms with Gasteiger partial charge in [0.2, 0.25) is 0 Å². The second kappa shape index (κ2) is 4.62. The fourth-order valence-corrected chi connectivity index (χ4v) is 2.08. The fourth-order valence-electron chi connectivity index (χ4n) is 2.08. The first kappa shape index (κ1) is 11.7. The zero-order valence-corrected chi connectivity index (χ0v) is 10.5. The van der Waals surface area contributed by atoms with Crippen LogP contribution >= 0.6 is 0 Å². The Morgan fingerprint density at radius 2 is 2.12 bits per heavy atom. The van der Waals surface area contributed by atoms with Gasteiger partial charge in [-0.2, -0.15) is 0 Å². The molecule has 0 fully saturated rings. The summed E-state index contributed by atoms with van der Waals surface area (Å²) in [6.07, 6.45) is 0.968. The molecular weight excluding hydrogens is 214 g/mol. The number of hydrogen-bond donors (Lipinski definition) is 1. The summed E-state index contributed by atoms with van der Waals surface area (Å²) in [7, 11) is 0. The molecule has 0 amide bonds. The number of aromatic amines is 1. The van der Waals surface area contributed by atoms with Crippen molar-refractivity contribution in [1.82, 2.24) is 4.98 Å². The standard InChI is InChI=1S/C14H17NO2/c1-4-12-9(3)11-8-10(14(16)17-5-2)6-7-13(11)15-12/h6-8,15H,4-5H2,1-3H3. The van der Waals surface area contributed by atoms with E-state index >= 15 is 0 Å². The van der Waals surface area contributed by atoms with E-state index in [1.54, 1.807) is 6.07 Å². The molecule has 0 aliphatic heterocycles. The van der Waals surface area contributed by atoms with Crippen LogP contribution in [0.25, 0.3) is 10.9 Å². The number of carbonyl (C=O) groups excluding carboxylic acids is 1. The SMILES string of the molecule is CCOC(=O)c1ccc2[nH]c(CC)c(C)c2c1. The monoisotopic (exact) mass is 231 g/mol. The van der Waals surface area contributed by atoms with Crippen LogP contribution in [0.5, 0.6) is 0 Å². The van der Waals surface area contributed by atoms with E-state index in [4.69, 9.17) is 4.74 Å². The van der Waals surface area contributed by atoms with E-state index in [2.05, 4.69) is 18.8 Å². The zero-order chi connectivity index (χ0) is 12.4. The lowest BCUT2D eigenvalue weighted by atomic mass is 10.1. The summed E-state index contributed by atoms with van der Waals surface area (Å²) in [5, 5.41) is 1.10. The zero-order valence-electron chi connectivity index (χ0n) is 10.5. The first-order chi connectivity index (χ1) is 8.17. The van der Waals surface area contributed by atoms with Gasteiger partial charge in [-0.05, 0) is 44.0 Å². The number of carbonyl (C=O) groups is 1. The fraction of sp³-hybridized carbons (Fsp3) is 0.357. The minimum absolute atomic E-state index is 0.256. The van der Waals surface area contributed by atoms with Gasteiger partial charge in [0.15, 0.2) is 0 Å². The average molecular weight is 231 g/mol. The van der Waals surface area contributed by atoms with Crippen LogP contribution in [0.15, 0.2) is 18.2 Å². The molecule has 2 aromatic rings. The van der Waals surface area contributed by atoms with Crippen LogP contribution in [0, 0.1) is 6.92 Å². The lowest BCUT2D eigenvalue weighted by Crippen LogP contribution is -2.04. The van der Waals surface area contributed by atoms with Gasteiger partial charge in [-0.25, -0.2) is 4.79 Å². The van der Waals surface area contributed by atoms with Crippen molar-refractivity contribution in [2.24, 2.45) is 0 Å². The van der Waals surface area contributed by atoms with E-state index < -0.39 is 0 Å². The Morgan fingerprint density at radius 1 is 1.35 bits per heavy atom. The number of benzene rings is 1. The molecule has 90 valence electrons. The Hall–Kier alpha value is -1.77. The van der Waals surface area contributed by atoms with Crippen molar-refractivity contribution in [1.29, 1.82) is 0 Å². The molecule has 1 N–H and O–H groups in total. The molecular formula is C14H17NO2. The van der Waals surface area contributed by atoms with Crippen LogP contribution in [0.1, 0.15) is 35.5 Å². The van der Waals surface area contributed by atoms with Crippen molar-refractivity contribution < 1.29 is 9.53 Å². The van der Waals surface area contributed by atoms with Crippen molar-refractivity contribution in [3.05, 3.63) is 35.0 Å². The Labute approximate surface area is 101 Å². The maximum Gasteiger partial charge on any atom is 0.338 e. The number of nitrogens with one attached hydrogen (secondary N) is 1. The molecule has 0 radical (unpaired) electrons. The third kappa shape index (κ3) is 2.05. The average Bonchev–Trinajstić information content (AvgIpc) is 2.66. The van der Waals surface area contributed by atoms with E-state index in [-0.39, 0.29) is 5.97 Å². The number of ether oxygens (including phenoxy) is 1. The molecule has 17 heavy (non-hydrogen) atoms. The Morgan fingerprint density at radius 3 is 2.76 bits per heavy atom. The number of hydrogen-bond acceptors (Lipinski definition) is 2. The molecule has 1 aromatic carbocycles. The highest BCUT2D eigenvalue weighted by atomic mass is 16.5. The van der Waals surface area contributed by atoms with Crippen molar-refractivity contribution in [3.63, 3.8) is 0 Å². The summed E-state index contributed by atoms with van der Waals surface area (Å²) < 4.78 is 5.00. The van der Waals surface area contributed by atoms with E-state index in [9.17, 15) is 4.79 Å². The van der Waals surface area contributed by atoms with E-state index in [0.717, 1.165) is 17.3 Å². The minimum Gasteiger partial charge on any atom is -0.462 e. The van der Waals surface area contributed by atoms with Crippen molar-refractivity contribution in [2.75, 3.05) is 6.61 Å². The predicted molar refractivity (Wildman–Crippen MR) is 68.4 cm³/mol. The molecule has 1 aromatic heterocycles. The van der Waals surface area contributed by atoms with Crippen LogP contribution in [0.3, 0.4) is 0 Å². The van der Waals surface area contributed by atoms with Gasteiger partial charge in [-0.15, -0.1) is 0 Å². The van der Waals surface area contributed by atoms with E-state index in [0.29, 0.717) is 12.2 Å². The van der Waals surface area contributed by atoms with Crippen LogP contribution in [-0.4, -0.2) is 17.6 Å². The van der Waals surface area contributed by atoms with Crippen molar-refractivity contribution >= 4 is 16.9 Å². The Kier molecular flexibility index (Phi) is 3.18. The van der Waals surface area contributed by atoms with Crippen molar-refractivity contribution in [2.45, 2.75) is 27.2 Å². The molecule has 0 aliphatic carbocycles. The molecule has 3 heteroatoms. The largest absolute Gasteiger partial charge is 0.462 e. The van der Waals surface area contributed by atoms with Gasteiger partial charge in [0.05, 0.1) is 12.2 Å². The van der Waals surface area contributed by atoms with E-state index in [1.165, 1.54) is 11.3 Å². The van der Waals surface area contributed by atoms with Crippen LogP contribution < -0.4 is 0 Å². The lowest BCUT2D eigenvalue weighted by Gasteiger charge is -2.01. The van der Waals surface area contributed by atoms with Gasteiger partial charge in [-0.1, -0.05) is 6.92 Å². The first-order valence-corrected chi connectivity index (χ1v) is 5.95. The number of rotatable bonds is 3. The molecule has 0 saturated carbocycles. The van der Waals surface area contributed by atoms with Crippen molar-refractivity contribution in [3.8, 4) is 0 Å². The molecule has 2 rings (SSSR count). The third-order valence-electron chi connectivity index (χ3n) is 3.03. The Bertz CT molecular complexity index is 555. The lowest BCUT2D eigenvalue weighted by molar-refractivity contribution is 0.0526. The summed E-state index contributed by atoms with van der Waals surface area (Å²) in [5.74, 6) is -0.256. The van der Waals surface area contributed by atoms with Crippen LogP contribution in [0.2, 0.25) is 0 Å². The highest BCUT2D eigenvalue weighted by Gasteiger charge is 2.11. The van der Waals surface area contributed by atoms with Gasteiger partial charge >= 0.3 is 5.97 Å². The molecule has 3 nitrogen and oxygen atoms in total. The number of H-pyrrole nitrogens is 1. The second-order valence-electron chi connectivity index (χ2n) is 4.06. The van der Waals surface area contributed by atoms with Crippen LogP contribution in [-0.2, 0) is 11.2 Å². The first-order valence-electron chi connectivity index (χ1n) is 5.95. The van der Waals surface area contributed by atoms with Gasteiger partial charge in [-0.3, -0.25) is 0 Å². The second-order valence-corrected chi connectivity index (χ2v) is 4.06. The molecule has 0 aliphatic rings. The van der Waals surface area contributed by atoms with Gasteiger partial charge < -0.3 is 9.72 Å². The topological polar surface area (TPSA) is 42.1 Å². The van der Waals surface area contributed by atoms with Gasteiger partial charge in [0, 0.05) is 16.6 Å². The number of aryl methyl sites for hydroxylation is 2. The molecule has 0 saturated heterocycles. The summed E-state index contributed by atoms with van der Waals surface area (Å²) in [4.78, 5) is 15.0. The number of fused-ring (bicyclic) bond motifs is 1. The maximum atomic E-state index is 11.6. The number of aromatic nitrogens is 1.